The fourth-order valence-electron chi connectivity index (χ4n) is 5.48. The lowest BCUT2D eigenvalue weighted by atomic mass is 9.86. The normalized spacial score (nSPS) is 22.6. The molecule has 2 aromatic heterocycles. The Morgan fingerprint density at radius 3 is 2.56 bits per heavy atom. The molecule has 2 fully saturated rings. The molecule has 0 aromatic carbocycles. The number of Topliss-reactive ketones (excluding diaryl/α,β-unsaturated/α-hetero) is 1. The van der Waals surface area contributed by atoms with Gasteiger partial charge in [-0.05, 0) is 64.3 Å². The molecular weight excluding hydrogens is 432 g/mol. The first-order chi connectivity index (χ1) is 16.4. The van der Waals surface area contributed by atoms with E-state index in [4.69, 9.17) is 4.98 Å². The van der Waals surface area contributed by atoms with Crippen molar-refractivity contribution in [2.24, 2.45) is 0 Å². The number of ketones is 1. The third kappa shape index (κ3) is 4.08. The predicted molar refractivity (Wildman–Crippen MR) is 130 cm³/mol. The third-order valence-corrected chi connectivity index (χ3v) is 7.41. The summed E-state index contributed by atoms with van der Waals surface area (Å²) in [6.45, 7) is 4.89. The highest BCUT2D eigenvalue weighted by molar-refractivity contribution is 6.04. The molecule has 3 aliphatic rings. The van der Waals surface area contributed by atoms with Gasteiger partial charge < -0.3 is 25.7 Å². The lowest BCUT2D eigenvalue weighted by molar-refractivity contribution is -0.114. The Labute approximate surface area is 199 Å². The molecule has 5 rings (SSSR count). The SMILES string of the molecule is CC(=O)C1=C(C)c2cnc(Nc3ccc(C4(O)CCNCC4)cn3)nc2N(C2CCCC2)C1O. The van der Waals surface area contributed by atoms with Crippen molar-refractivity contribution in [2.75, 3.05) is 23.3 Å². The van der Waals surface area contributed by atoms with E-state index in [2.05, 4.69) is 20.6 Å². The summed E-state index contributed by atoms with van der Waals surface area (Å²) in [5.41, 5.74) is 1.85. The number of aliphatic hydroxyl groups is 2. The molecule has 1 aliphatic carbocycles. The van der Waals surface area contributed by atoms with E-state index in [1.54, 1.807) is 12.4 Å². The number of nitrogens with one attached hydrogen (secondary N) is 2. The molecule has 2 aliphatic heterocycles. The van der Waals surface area contributed by atoms with E-state index in [1.807, 2.05) is 24.0 Å². The summed E-state index contributed by atoms with van der Waals surface area (Å²) >= 11 is 0. The van der Waals surface area contributed by atoms with Crippen LogP contribution in [0.5, 0.6) is 0 Å². The minimum atomic E-state index is -1.01. The topological polar surface area (TPSA) is 124 Å². The highest BCUT2D eigenvalue weighted by Crippen LogP contribution is 2.41. The molecule has 9 heteroatoms. The Morgan fingerprint density at radius 1 is 1.18 bits per heavy atom. The maximum atomic E-state index is 12.3. The first-order valence-corrected chi connectivity index (χ1v) is 12.1. The summed E-state index contributed by atoms with van der Waals surface area (Å²) in [7, 11) is 0. The lowest BCUT2D eigenvalue weighted by Gasteiger charge is -2.40. The Balaban J connectivity index is 1.44. The third-order valence-electron chi connectivity index (χ3n) is 7.41. The number of allylic oxidation sites excluding steroid dienone is 1. The zero-order chi connectivity index (χ0) is 23.9. The Hall–Kier alpha value is -2.88. The first-order valence-electron chi connectivity index (χ1n) is 12.1. The lowest BCUT2D eigenvalue weighted by Crippen LogP contribution is -2.47. The van der Waals surface area contributed by atoms with E-state index < -0.39 is 11.8 Å². The largest absolute Gasteiger partial charge is 0.385 e. The predicted octanol–water partition coefficient (Wildman–Crippen LogP) is 2.63. The molecule has 1 saturated carbocycles. The van der Waals surface area contributed by atoms with E-state index in [-0.39, 0.29) is 11.8 Å². The van der Waals surface area contributed by atoms with Crippen LogP contribution in [0.25, 0.3) is 5.57 Å². The summed E-state index contributed by atoms with van der Waals surface area (Å²) in [6, 6.07) is 3.84. The minimum absolute atomic E-state index is 0.127. The number of hydrogen-bond donors (Lipinski definition) is 4. The van der Waals surface area contributed by atoms with Crippen LogP contribution in [0.1, 0.15) is 63.5 Å². The molecule has 1 unspecified atom stereocenters. The summed E-state index contributed by atoms with van der Waals surface area (Å²) in [4.78, 5) is 27.9. The first kappa shape index (κ1) is 22.9. The van der Waals surface area contributed by atoms with Gasteiger partial charge in [0.2, 0.25) is 5.95 Å². The summed E-state index contributed by atoms with van der Waals surface area (Å²) in [6.07, 6.45) is 7.80. The van der Waals surface area contributed by atoms with E-state index in [1.165, 1.54) is 6.92 Å². The molecule has 4 N–H and O–H groups in total. The average molecular weight is 465 g/mol. The summed E-state index contributed by atoms with van der Waals surface area (Å²) < 4.78 is 0. The van der Waals surface area contributed by atoms with Crippen molar-refractivity contribution in [3.05, 3.63) is 41.2 Å². The van der Waals surface area contributed by atoms with Gasteiger partial charge in [0, 0.05) is 35.1 Å². The van der Waals surface area contributed by atoms with Gasteiger partial charge in [0.1, 0.15) is 11.6 Å². The fourth-order valence-corrected chi connectivity index (χ4v) is 5.48. The number of fused-ring (bicyclic) bond motifs is 1. The second-order valence-electron chi connectivity index (χ2n) is 9.58. The number of aliphatic hydroxyl groups excluding tert-OH is 1. The molecule has 4 heterocycles. The van der Waals surface area contributed by atoms with Crippen LogP contribution in [0.3, 0.4) is 0 Å². The van der Waals surface area contributed by atoms with Crippen LogP contribution in [0.2, 0.25) is 0 Å². The molecule has 2 aromatic rings. The number of nitrogens with zero attached hydrogens (tertiary/aromatic N) is 4. The van der Waals surface area contributed by atoms with Gasteiger partial charge in [0.05, 0.1) is 5.60 Å². The standard InChI is InChI=1S/C25H32N6O3/c1-15-19-14-28-24(29-20-8-7-17(13-27-20)25(34)9-11-26-12-10-25)30-22(19)31(18-5-3-4-6-18)23(33)21(15)16(2)32/h7-8,13-14,18,23,26,33-34H,3-6,9-12H2,1-2H3,(H,27,28,29,30). The molecule has 0 amide bonds. The van der Waals surface area contributed by atoms with Gasteiger partial charge in [-0.1, -0.05) is 18.9 Å². The monoisotopic (exact) mass is 464 g/mol. The van der Waals surface area contributed by atoms with Gasteiger partial charge in [-0.2, -0.15) is 4.98 Å². The fraction of sp³-hybridized carbons (Fsp3) is 0.520. The molecule has 180 valence electrons. The highest BCUT2D eigenvalue weighted by atomic mass is 16.3. The van der Waals surface area contributed by atoms with Crippen LogP contribution in [-0.2, 0) is 10.4 Å². The number of rotatable bonds is 5. The van der Waals surface area contributed by atoms with Crippen molar-refractivity contribution in [3.8, 4) is 0 Å². The van der Waals surface area contributed by atoms with Crippen LogP contribution in [0.15, 0.2) is 30.1 Å². The molecule has 34 heavy (non-hydrogen) atoms. The number of carbonyl (C=O) groups excluding carboxylic acids is 1. The molecule has 1 saturated heterocycles. The van der Waals surface area contributed by atoms with Crippen LogP contribution >= 0.6 is 0 Å². The number of aromatic nitrogens is 3. The molecule has 9 nitrogen and oxygen atoms in total. The molecular formula is C25H32N6O3. The van der Waals surface area contributed by atoms with Crippen molar-refractivity contribution in [1.82, 2.24) is 20.3 Å². The second kappa shape index (κ2) is 9.05. The highest BCUT2D eigenvalue weighted by Gasteiger charge is 2.39. The zero-order valence-electron chi connectivity index (χ0n) is 19.7. The van der Waals surface area contributed by atoms with E-state index in [0.29, 0.717) is 41.6 Å². The Morgan fingerprint density at radius 2 is 1.91 bits per heavy atom. The Bertz CT molecular complexity index is 1100. The maximum absolute atomic E-state index is 12.3. The number of hydrogen-bond acceptors (Lipinski definition) is 9. The smallest absolute Gasteiger partial charge is 0.230 e. The average Bonchev–Trinajstić information content (AvgIpc) is 3.34. The van der Waals surface area contributed by atoms with Gasteiger partial charge in [-0.3, -0.25) is 4.79 Å². The second-order valence-corrected chi connectivity index (χ2v) is 9.58. The number of anilines is 3. The van der Waals surface area contributed by atoms with Crippen LogP contribution in [0.4, 0.5) is 17.6 Å². The summed E-state index contributed by atoms with van der Waals surface area (Å²) in [5.74, 6) is 1.44. The van der Waals surface area contributed by atoms with Gasteiger partial charge in [0.25, 0.3) is 0 Å². The van der Waals surface area contributed by atoms with Crippen LogP contribution in [-0.4, -0.2) is 56.3 Å². The molecule has 0 radical (unpaired) electrons. The number of pyridine rings is 1. The number of carbonyl (C=O) groups is 1. The maximum Gasteiger partial charge on any atom is 0.230 e. The number of piperidine rings is 1. The molecule has 1 atom stereocenters. The minimum Gasteiger partial charge on any atom is -0.385 e. The van der Waals surface area contributed by atoms with Crippen LogP contribution < -0.4 is 15.5 Å². The van der Waals surface area contributed by atoms with Gasteiger partial charge in [0.15, 0.2) is 12.0 Å². The van der Waals surface area contributed by atoms with Gasteiger partial charge in [-0.25, -0.2) is 9.97 Å². The zero-order valence-corrected chi connectivity index (χ0v) is 19.7. The van der Waals surface area contributed by atoms with Crippen molar-refractivity contribution in [2.45, 2.75) is 70.2 Å². The quantitative estimate of drug-likeness (QED) is 0.529. The van der Waals surface area contributed by atoms with Crippen molar-refractivity contribution >= 4 is 28.9 Å². The van der Waals surface area contributed by atoms with Crippen LogP contribution in [0, 0.1) is 0 Å². The van der Waals surface area contributed by atoms with E-state index in [9.17, 15) is 15.0 Å². The van der Waals surface area contributed by atoms with Crippen molar-refractivity contribution < 1.29 is 15.0 Å². The van der Waals surface area contributed by atoms with Gasteiger partial charge >= 0.3 is 0 Å². The van der Waals surface area contributed by atoms with Crippen molar-refractivity contribution in [1.29, 1.82) is 0 Å². The molecule has 0 spiro atoms. The summed E-state index contributed by atoms with van der Waals surface area (Å²) in [5, 5.41) is 28.5. The van der Waals surface area contributed by atoms with E-state index >= 15 is 0 Å². The Kier molecular flexibility index (Phi) is 6.09. The van der Waals surface area contributed by atoms with E-state index in [0.717, 1.165) is 49.9 Å². The molecule has 0 bridgehead atoms. The van der Waals surface area contributed by atoms with Gasteiger partial charge in [-0.15, -0.1) is 0 Å². The van der Waals surface area contributed by atoms with Crippen molar-refractivity contribution in [3.63, 3.8) is 0 Å².